The van der Waals surface area contributed by atoms with Gasteiger partial charge in [0.2, 0.25) is 5.95 Å². The third kappa shape index (κ3) is 2.82. The van der Waals surface area contributed by atoms with Crippen LogP contribution in [0.5, 0.6) is 0 Å². The Morgan fingerprint density at radius 1 is 1.15 bits per heavy atom. The highest BCUT2D eigenvalue weighted by Gasteiger charge is 2.30. The highest BCUT2D eigenvalue weighted by Crippen LogP contribution is 2.32. The fourth-order valence-electron chi connectivity index (χ4n) is 2.93. The van der Waals surface area contributed by atoms with E-state index in [4.69, 9.17) is 0 Å². The van der Waals surface area contributed by atoms with Gasteiger partial charge in [0, 0.05) is 12.1 Å². The lowest BCUT2D eigenvalue weighted by Gasteiger charge is -2.19. The molecule has 1 aliphatic heterocycles. The van der Waals surface area contributed by atoms with Crippen molar-refractivity contribution in [1.29, 1.82) is 0 Å². The Morgan fingerprint density at radius 2 is 2.00 bits per heavy atom. The average molecular weight is 369 g/mol. The van der Waals surface area contributed by atoms with Gasteiger partial charge < -0.3 is 0 Å². The van der Waals surface area contributed by atoms with Crippen molar-refractivity contribution in [1.82, 2.24) is 15.2 Å². The minimum absolute atomic E-state index is 0.0689. The summed E-state index contributed by atoms with van der Waals surface area (Å²) in [6, 6.07) is 13.4. The van der Waals surface area contributed by atoms with E-state index in [-0.39, 0.29) is 16.4 Å². The molecule has 0 unspecified atom stereocenters. The van der Waals surface area contributed by atoms with Gasteiger partial charge in [-0.3, -0.25) is 14.4 Å². The van der Waals surface area contributed by atoms with Crippen molar-refractivity contribution < 1.29 is 13.2 Å². The molecule has 1 aliphatic rings. The highest BCUT2D eigenvalue weighted by molar-refractivity contribution is 7.92. The van der Waals surface area contributed by atoms with E-state index in [1.54, 1.807) is 18.2 Å². The average Bonchev–Trinajstić information content (AvgIpc) is 3.31. The lowest BCUT2D eigenvalue weighted by molar-refractivity contribution is 0.102. The maximum Gasteiger partial charge on any atom is 0.264 e. The second kappa shape index (κ2) is 6.26. The van der Waals surface area contributed by atoms with E-state index in [1.165, 1.54) is 22.8 Å². The normalized spacial score (nSPS) is 13.5. The van der Waals surface area contributed by atoms with Crippen molar-refractivity contribution >= 4 is 27.6 Å². The van der Waals surface area contributed by atoms with E-state index in [0.717, 1.165) is 5.56 Å². The number of aromatic nitrogens is 3. The number of sulfonamides is 1. The van der Waals surface area contributed by atoms with Gasteiger partial charge in [-0.1, -0.05) is 24.3 Å². The van der Waals surface area contributed by atoms with Gasteiger partial charge >= 0.3 is 0 Å². The Balaban J connectivity index is 1.65. The number of fused-ring (bicyclic) bond motifs is 1. The van der Waals surface area contributed by atoms with E-state index in [0.29, 0.717) is 18.7 Å². The molecular weight excluding hydrogens is 354 g/mol. The summed E-state index contributed by atoms with van der Waals surface area (Å²) >= 11 is 0. The molecule has 0 saturated carbocycles. The molecule has 0 spiro atoms. The molecule has 2 heterocycles. The number of anilines is 2. The van der Waals surface area contributed by atoms with E-state index < -0.39 is 15.9 Å². The molecule has 26 heavy (non-hydrogen) atoms. The maximum absolute atomic E-state index is 13.1. The molecule has 1 aromatic heterocycles. The number of rotatable bonds is 4. The first kappa shape index (κ1) is 16.3. The predicted octanol–water partition coefficient (Wildman–Crippen LogP) is 1.81. The molecule has 9 heteroatoms. The van der Waals surface area contributed by atoms with E-state index in [2.05, 4.69) is 20.5 Å². The Kier molecular flexibility index (Phi) is 3.92. The highest BCUT2D eigenvalue weighted by atomic mass is 32.2. The fourth-order valence-corrected chi connectivity index (χ4v) is 4.48. The smallest absolute Gasteiger partial charge is 0.264 e. The second-order valence-electron chi connectivity index (χ2n) is 5.77. The summed E-state index contributed by atoms with van der Waals surface area (Å²) in [5, 5.41) is 8.69. The Morgan fingerprint density at radius 3 is 2.81 bits per heavy atom. The zero-order valence-electron chi connectivity index (χ0n) is 13.6. The van der Waals surface area contributed by atoms with Crippen molar-refractivity contribution in [3.8, 4) is 0 Å². The molecular formula is C17H15N5O3S. The van der Waals surface area contributed by atoms with Gasteiger partial charge in [-0.2, -0.15) is 10.1 Å². The first-order valence-electron chi connectivity index (χ1n) is 7.93. The number of hydrogen-bond acceptors (Lipinski definition) is 5. The number of hydrogen-bond donors (Lipinski definition) is 2. The van der Waals surface area contributed by atoms with Crippen molar-refractivity contribution in [2.24, 2.45) is 0 Å². The van der Waals surface area contributed by atoms with Gasteiger partial charge in [0.05, 0.1) is 10.6 Å². The number of aromatic amines is 1. The third-order valence-electron chi connectivity index (χ3n) is 4.18. The summed E-state index contributed by atoms with van der Waals surface area (Å²) in [6.07, 6.45) is 1.93. The van der Waals surface area contributed by atoms with Crippen LogP contribution in [0.25, 0.3) is 0 Å². The van der Waals surface area contributed by atoms with Crippen LogP contribution in [0, 0.1) is 0 Å². The fraction of sp³-hybridized carbons (Fsp3) is 0.118. The maximum atomic E-state index is 13.1. The largest absolute Gasteiger partial charge is 0.291 e. The van der Waals surface area contributed by atoms with E-state index in [9.17, 15) is 13.2 Å². The monoisotopic (exact) mass is 369 g/mol. The molecule has 0 atom stereocenters. The number of carbonyl (C=O) groups excluding carboxylic acids is 1. The van der Waals surface area contributed by atoms with Crippen LogP contribution in [-0.2, 0) is 16.4 Å². The van der Waals surface area contributed by atoms with Crippen molar-refractivity contribution in [2.75, 3.05) is 16.2 Å². The van der Waals surface area contributed by atoms with Crippen LogP contribution in [-0.4, -0.2) is 36.1 Å². The quantitative estimate of drug-likeness (QED) is 0.729. The summed E-state index contributed by atoms with van der Waals surface area (Å²) in [5.74, 6) is -0.280. The number of amides is 1. The van der Waals surface area contributed by atoms with Gasteiger partial charge in [0.25, 0.3) is 15.9 Å². The van der Waals surface area contributed by atoms with Gasteiger partial charge in [-0.05, 0) is 36.2 Å². The number of nitrogens with one attached hydrogen (secondary N) is 2. The SMILES string of the molecule is O=C(Nc1ncn[nH]1)c1cccc(S(=O)(=O)N2CCc3ccccc32)c1. The van der Waals surface area contributed by atoms with Crippen LogP contribution in [0.1, 0.15) is 15.9 Å². The minimum atomic E-state index is -3.75. The second-order valence-corrected chi connectivity index (χ2v) is 7.63. The zero-order chi connectivity index (χ0) is 18.1. The number of nitrogens with zero attached hydrogens (tertiary/aromatic N) is 3. The van der Waals surface area contributed by atoms with Gasteiger partial charge in [0.1, 0.15) is 6.33 Å². The van der Waals surface area contributed by atoms with Crippen LogP contribution < -0.4 is 9.62 Å². The van der Waals surface area contributed by atoms with Gasteiger partial charge in [0.15, 0.2) is 0 Å². The molecule has 2 N–H and O–H groups in total. The van der Waals surface area contributed by atoms with Gasteiger partial charge in [-0.25, -0.2) is 13.5 Å². The lowest BCUT2D eigenvalue weighted by atomic mass is 10.2. The minimum Gasteiger partial charge on any atom is -0.291 e. The predicted molar refractivity (Wildman–Crippen MR) is 95.5 cm³/mol. The van der Waals surface area contributed by atoms with Crippen LogP contribution >= 0.6 is 0 Å². The van der Waals surface area contributed by atoms with E-state index >= 15 is 0 Å². The number of H-pyrrole nitrogens is 1. The summed E-state index contributed by atoms with van der Waals surface area (Å²) in [7, 11) is -3.75. The van der Waals surface area contributed by atoms with Crippen LogP contribution in [0.4, 0.5) is 11.6 Å². The molecule has 2 aromatic carbocycles. The lowest BCUT2D eigenvalue weighted by Crippen LogP contribution is -2.29. The number of carbonyl (C=O) groups is 1. The van der Waals surface area contributed by atoms with Crippen molar-refractivity contribution in [2.45, 2.75) is 11.3 Å². The Bertz CT molecular complexity index is 1060. The number of benzene rings is 2. The summed E-state index contributed by atoms with van der Waals surface area (Å²) in [4.78, 5) is 16.2. The Hall–Kier alpha value is -3.20. The van der Waals surface area contributed by atoms with Crippen LogP contribution in [0.15, 0.2) is 59.8 Å². The summed E-state index contributed by atoms with van der Waals surface area (Å²) in [5.41, 5.74) is 1.90. The molecule has 0 aliphatic carbocycles. The molecule has 0 fully saturated rings. The van der Waals surface area contributed by atoms with Crippen LogP contribution in [0.2, 0.25) is 0 Å². The first-order chi connectivity index (χ1) is 12.6. The van der Waals surface area contributed by atoms with Gasteiger partial charge in [-0.15, -0.1) is 0 Å². The molecule has 8 nitrogen and oxygen atoms in total. The first-order valence-corrected chi connectivity index (χ1v) is 9.37. The standard InChI is InChI=1S/C17H15N5O3S/c23-16(20-17-18-11-19-21-17)13-5-3-6-14(10-13)26(24,25)22-9-8-12-4-1-2-7-15(12)22/h1-7,10-11H,8-9H2,(H2,18,19,20,21,23). The molecule has 4 rings (SSSR count). The molecule has 0 saturated heterocycles. The summed E-state index contributed by atoms with van der Waals surface area (Å²) in [6.45, 7) is 0.385. The molecule has 0 radical (unpaired) electrons. The zero-order valence-corrected chi connectivity index (χ0v) is 14.4. The number of para-hydroxylation sites is 1. The topological polar surface area (TPSA) is 108 Å². The molecule has 1 amide bonds. The molecule has 3 aromatic rings. The Labute approximate surface area is 149 Å². The van der Waals surface area contributed by atoms with Crippen molar-refractivity contribution in [3.05, 3.63) is 66.0 Å². The molecule has 132 valence electrons. The summed E-state index contributed by atoms with van der Waals surface area (Å²) < 4.78 is 27.5. The van der Waals surface area contributed by atoms with Crippen LogP contribution in [0.3, 0.4) is 0 Å². The van der Waals surface area contributed by atoms with E-state index in [1.807, 2.05) is 18.2 Å². The van der Waals surface area contributed by atoms with Crippen molar-refractivity contribution in [3.63, 3.8) is 0 Å². The molecule has 0 bridgehead atoms. The third-order valence-corrected chi connectivity index (χ3v) is 5.98.